The Labute approximate surface area is 156 Å². The number of amides is 1. The van der Waals surface area contributed by atoms with Gasteiger partial charge in [0.2, 0.25) is 0 Å². The summed E-state index contributed by atoms with van der Waals surface area (Å²) >= 11 is 0. The quantitative estimate of drug-likeness (QED) is 0.677. The molecule has 1 aromatic heterocycles. The summed E-state index contributed by atoms with van der Waals surface area (Å²) in [6.07, 6.45) is 1.50. The number of hydrogen-bond acceptors (Lipinski definition) is 4. The van der Waals surface area contributed by atoms with Crippen molar-refractivity contribution < 1.29 is 22.0 Å². The van der Waals surface area contributed by atoms with E-state index in [0.29, 0.717) is 11.3 Å². The lowest BCUT2D eigenvalue weighted by molar-refractivity contribution is 0.0947. The molecule has 2 N–H and O–H groups in total. The van der Waals surface area contributed by atoms with Crippen LogP contribution in [0, 0.1) is 12.7 Å². The van der Waals surface area contributed by atoms with Gasteiger partial charge in [-0.25, -0.2) is 12.8 Å². The maximum absolute atomic E-state index is 13.0. The molecule has 3 rings (SSSR count). The number of benzene rings is 2. The first-order valence-corrected chi connectivity index (χ1v) is 9.53. The Kier molecular flexibility index (Phi) is 5.27. The van der Waals surface area contributed by atoms with Gasteiger partial charge in [-0.05, 0) is 61.0 Å². The molecular weight excluding hydrogens is 371 g/mol. The lowest BCUT2D eigenvalue weighted by Gasteiger charge is -2.11. The van der Waals surface area contributed by atoms with E-state index in [-0.39, 0.29) is 22.7 Å². The van der Waals surface area contributed by atoms with E-state index in [0.717, 1.165) is 12.1 Å². The number of nitrogens with one attached hydrogen (secondary N) is 2. The highest BCUT2D eigenvalue weighted by molar-refractivity contribution is 7.92. The van der Waals surface area contributed by atoms with Crippen molar-refractivity contribution in [2.75, 3.05) is 4.72 Å². The minimum atomic E-state index is -3.93. The van der Waals surface area contributed by atoms with Crippen LogP contribution in [0.3, 0.4) is 0 Å². The highest BCUT2D eigenvalue weighted by atomic mass is 32.2. The van der Waals surface area contributed by atoms with Crippen molar-refractivity contribution in [3.63, 3.8) is 0 Å². The Hall–Kier alpha value is -3.13. The zero-order chi connectivity index (χ0) is 19.4. The molecule has 0 spiro atoms. The van der Waals surface area contributed by atoms with Gasteiger partial charge in [-0.15, -0.1) is 0 Å². The Bertz CT molecular complexity index is 1050. The number of rotatable bonds is 6. The topological polar surface area (TPSA) is 88.4 Å². The van der Waals surface area contributed by atoms with Gasteiger partial charge in [0.25, 0.3) is 15.9 Å². The molecule has 0 unspecified atom stereocenters. The van der Waals surface area contributed by atoms with Gasteiger partial charge in [0.15, 0.2) is 0 Å². The summed E-state index contributed by atoms with van der Waals surface area (Å²) in [5.41, 5.74) is 1.09. The molecule has 0 fully saturated rings. The number of hydrogen-bond donors (Lipinski definition) is 2. The first-order valence-electron chi connectivity index (χ1n) is 8.05. The van der Waals surface area contributed by atoms with Crippen LogP contribution in [0.5, 0.6) is 0 Å². The SMILES string of the molecule is Cc1ccc(S(=O)(=O)Nc2ccc(F)cc2)cc1C(=O)NCc1ccco1. The Morgan fingerprint density at radius 1 is 1.11 bits per heavy atom. The lowest BCUT2D eigenvalue weighted by atomic mass is 10.1. The predicted molar refractivity (Wildman–Crippen MR) is 98.3 cm³/mol. The van der Waals surface area contributed by atoms with Crippen LogP contribution in [0.2, 0.25) is 0 Å². The van der Waals surface area contributed by atoms with Crippen molar-refractivity contribution in [1.29, 1.82) is 0 Å². The molecule has 140 valence electrons. The van der Waals surface area contributed by atoms with Crippen LogP contribution in [0.4, 0.5) is 10.1 Å². The van der Waals surface area contributed by atoms with Gasteiger partial charge in [0.1, 0.15) is 11.6 Å². The molecule has 3 aromatic rings. The molecule has 2 aromatic carbocycles. The van der Waals surface area contributed by atoms with Crippen LogP contribution in [0.1, 0.15) is 21.7 Å². The minimum Gasteiger partial charge on any atom is -0.467 e. The molecule has 0 aliphatic heterocycles. The summed E-state index contributed by atoms with van der Waals surface area (Å²) in [5, 5.41) is 2.69. The van der Waals surface area contributed by atoms with Gasteiger partial charge in [-0.2, -0.15) is 0 Å². The fourth-order valence-corrected chi connectivity index (χ4v) is 3.51. The van der Waals surface area contributed by atoms with Crippen molar-refractivity contribution in [1.82, 2.24) is 5.32 Å². The molecule has 0 aliphatic carbocycles. The second-order valence-corrected chi connectivity index (χ2v) is 7.53. The minimum absolute atomic E-state index is 0.0689. The summed E-state index contributed by atoms with van der Waals surface area (Å²) in [4.78, 5) is 12.4. The molecule has 0 saturated heterocycles. The molecule has 0 saturated carbocycles. The summed E-state index contributed by atoms with van der Waals surface area (Å²) in [5.74, 6) is -0.297. The van der Waals surface area contributed by atoms with Crippen molar-refractivity contribution in [3.05, 3.63) is 83.6 Å². The van der Waals surface area contributed by atoms with E-state index >= 15 is 0 Å². The third-order valence-corrected chi connectivity index (χ3v) is 5.24. The maximum Gasteiger partial charge on any atom is 0.261 e. The van der Waals surface area contributed by atoms with E-state index in [1.165, 1.54) is 30.5 Å². The van der Waals surface area contributed by atoms with E-state index in [1.54, 1.807) is 25.1 Å². The van der Waals surface area contributed by atoms with Gasteiger partial charge < -0.3 is 9.73 Å². The van der Waals surface area contributed by atoms with Gasteiger partial charge in [-0.1, -0.05) is 6.07 Å². The summed E-state index contributed by atoms with van der Waals surface area (Å²) < 4.78 is 45.6. The molecule has 6 nitrogen and oxygen atoms in total. The van der Waals surface area contributed by atoms with Crippen LogP contribution >= 0.6 is 0 Å². The molecule has 0 bridgehead atoms. The van der Waals surface area contributed by atoms with Gasteiger partial charge in [0, 0.05) is 11.3 Å². The average Bonchev–Trinajstić information content (AvgIpc) is 3.15. The maximum atomic E-state index is 13.0. The van der Waals surface area contributed by atoms with E-state index in [1.807, 2.05) is 0 Å². The Morgan fingerprint density at radius 2 is 1.85 bits per heavy atom. The molecule has 1 heterocycles. The second-order valence-electron chi connectivity index (χ2n) is 5.85. The summed E-state index contributed by atoms with van der Waals surface area (Å²) in [6.45, 7) is 1.90. The van der Waals surface area contributed by atoms with Gasteiger partial charge in [-0.3, -0.25) is 9.52 Å². The molecule has 1 amide bonds. The fraction of sp³-hybridized carbons (Fsp3) is 0.105. The van der Waals surface area contributed by atoms with Crippen molar-refractivity contribution in [3.8, 4) is 0 Å². The first kappa shape index (κ1) is 18.7. The number of carbonyl (C=O) groups excluding carboxylic acids is 1. The number of anilines is 1. The molecule has 0 radical (unpaired) electrons. The zero-order valence-electron chi connectivity index (χ0n) is 14.4. The van der Waals surface area contributed by atoms with Crippen LogP contribution in [-0.4, -0.2) is 14.3 Å². The van der Waals surface area contributed by atoms with Crippen LogP contribution < -0.4 is 10.0 Å². The lowest BCUT2D eigenvalue weighted by Crippen LogP contribution is -2.24. The average molecular weight is 388 g/mol. The largest absolute Gasteiger partial charge is 0.467 e. The molecular formula is C19H17FN2O4S. The third kappa shape index (κ3) is 4.53. The summed E-state index contributed by atoms with van der Waals surface area (Å²) in [6, 6.07) is 12.6. The van der Waals surface area contributed by atoms with E-state index in [4.69, 9.17) is 4.42 Å². The Balaban J connectivity index is 1.80. The monoisotopic (exact) mass is 388 g/mol. The standard InChI is InChI=1S/C19H17FN2O4S/c1-13-4-9-17(27(24,25)22-15-7-5-14(20)6-8-15)11-18(13)19(23)21-12-16-3-2-10-26-16/h2-11,22H,12H2,1H3,(H,21,23). The molecule has 27 heavy (non-hydrogen) atoms. The molecule has 0 aliphatic rings. The molecule has 0 atom stereocenters. The Morgan fingerprint density at radius 3 is 2.52 bits per heavy atom. The van der Waals surface area contributed by atoms with Crippen LogP contribution in [-0.2, 0) is 16.6 Å². The van der Waals surface area contributed by atoms with Crippen molar-refractivity contribution >= 4 is 21.6 Å². The second kappa shape index (κ2) is 7.63. The van der Waals surface area contributed by atoms with Crippen LogP contribution in [0.25, 0.3) is 0 Å². The first-order chi connectivity index (χ1) is 12.8. The van der Waals surface area contributed by atoms with Gasteiger partial charge >= 0.3 is 0 Å². The smallest absolute Gasteiger partial charge is 0.261 e. The third-order valence-electron chi connectivity index (χ3n) is 3.86. The zero-order valence-corrected chi connectivity index (χ0v) is 15.2. The van der Waals surface area contributed by atoms with Gasteiger partial charge in [0.05, 0.1) is 17.7 Å². The molecule has 8 heteroatoms. The van der Waals surface area contributed by atoms with Crippen molar-refractivity contribution in [2.24, 2.45) is 0 Å². The fourth-order valence-electron chi connectivity index (χ4n) is 2.42. The predicted octanol–water partition coefficient (Wildman–Crippen LogP) is 3.46. The van der Waals surface area contributed by atoms with Crippen LogP contribution in [0.15, 0.2) is 70.2 Å². The highest BCUT2D eigenvalue weighted by Crippen LogP contribution is 2.20. The summed E-state index contributed by atoms with van der Waals surface area (Å²) in [7, 11) is -3.93. The number of sulfonamides is 1. The van der Waals surface area contributed by atoms with E-state index in [9.17, 15) is 17.6 Å². The van der Waals surface area contributed by atoms with E-state index in [2.05, 4.69) is 10.0 Å². The normalized spacial score (nSPS) is 11.2. The number of furan rings is 1. The number of halogens is 1. The number of carbonyl (C=O) groups is 1. The highest BCUT2D eigenvalue weighted by Gasteiger charge is 2.18. The van der Waals surface area contributed by atoms with E-state index < -0.39 is 21.7 Å². The van der Waals surface area contributed by atoms with Crippen molar-refractivity contribution in [2.45, 2.75) is 18.4 Å². The number of aryl methyl sites for hydroxylation is 1.